The van der Waals surface area contributed by atoms with Crippen LogP contribution in [0.3, 0.4) is 0 Å². The van der Waals surface area contributed by atoms with E-state index in [-0.39, 0.29) is 11.6 Å². The molecule has 0 aliphatic rings. The molecule has 0 fully saturated rings. The number of H-pyrrole nitrogens is 2. The molecule has 1 amide bonds. The average molecular weight is 212 g/mol. The quantitative estimate of drug-likeness (QED) is 0.729. The molecule has 84 valence electrons. The third kappa shape index (κ3) is 2.93. The molecular formula is C9H16N4O2. The zero-order valence-electron chi connectivity index (χ0n) is 9.42. The molecule has 0 spiro atoms. The predicted molar refractivity (Wildman–Crippen MR) is 55.1 cm³/mol. The molecule has 6 heteroatoms. The first-order valence-corrected chi connectivity index (χ1v) is 4.70. The molecule has 0 saturated heterocycles. The van der Waals surface area contributed by atoms with Crippen LogP contribution in [0.5, 0.6) is 0 Å². The molecule has 1 aromatic heterocycles. The zero-order valence-corrected chi connectivity index (χ0v) is 9.42. The molecule has 0 bridgehead atoms. The lowest BCUT2D eigenvalue weighted by Crippen LogP contribution is -2.36. The summed E-state index contributed by atoms with van der Waals surface area (Å²) >= 11 is 0. The second kappa shape index (κ2) is 3.88. The third-order valence-corrected chi connectivity index (χ3v) is 1.93. The van der Waals surface area contributed by atoms with E-state index in [1.54, 1.807) is 7.05 Å². The van der Waals surface area contributed by atoms with Gasteiger partial charge in [0.15, 0.2) is 5.82 Å². The van der Waals surface area contributed by atoms with Gasteiger partial charge in [0.2, 0.25) is 5.91 Å². The van der Waals surface area contributed by atoms with Crippen molar-refractivity contribution >= 4 is 5.91 Å². The summed E-state index contributed by atoms with van der Waals surface area (Å²) in [5, 5.41) is 5.99. The number of aromatic amines is 2. The molecule has 0 radical (unpaired) electrons. The van der Waals surface area contributed by atoms with Crippen LogP contribution < -0.4 is 5.69 Å². The number of nitrogens with zero attached hydrogens (tertiary/aromatic N) is 2. The van der Waals surface area contributed by atoms with Gasteiger partial charge in [-0.25, -0.2) is 9.89 Å². The molecule has 0 saturated carbocycles. The number of amides is 1. The Morgan fingerprint density at radius 1 is 1.47 bits per heavy atom. The summed E-state index contributed by atoms with van der Waals surface area (Å²) < 4.78 is 0. The summed E-state index contributed by atoms with van der Waals surface area (Å²) in [5.41, 5.74) is -0.785. The van der Waals surface area contributed by atoms with E-state index in [9.17, 15) is 9.59 Å². The molecule has 0 unspecified atom stereocenters. The standard InChI is InChI=1S/C9H16N4O2/c1-9(2,3)7(14)13(4)5-6-10-8(15)12-11-6/h5H2,1-4H3,(H2,10,11,12,15). The lowest BCUT2D eigenvalue weighted by molar-refractivity contribution is -0.138. The minimum Gasteiger partial charge on any atom is -0.338 e. The second-order valence-corrected chi connectivity index (χ2v) is 4.54. The number of aromatic nitrogens is 3. The van der Waals surface area contributed by atoms with Gasteiger partial charge in [-0.3, -0.25) is 9.78 Å². The number of hydrogen-bond donors (Lipinski definition) is 2. The fraction of sp³-hybridized carbons (Fsp3) is 0.667. The number of hydrogen-bond acceptors (Lipinski definition) is 3. The molecule has 1 rings (SSSR count). The van der Waals surface area contributed by atoms with Crippen LogP contribution >= 0.6 is 0 Å². The maximum absolute atomic E-state index is 11.8. The van der Waals surface area contributed by atoms with Crippen molar-refractivity contribution in [3.8, 4) is 0 Å². The number of rotatable bonds is 2. The number of nitrogens with one attached hydrogen (secondary N) is 2. The van der Waals surface area contributed by atoms with E-state index in [4.69, 9.17) is 0 Å². The van der Waals surface area contributed by atoms with Crippen LogP contribution in [0.4, 0.5) is 0 Å². The highest BCUT2D eigenvalue weighted by molar-refractivity contribution is 5.81. The summed E-state index contributed by atoms with van der Waals surface area (Å²) in [5.74, 6) is 0.464. The largest absolute Gasteiger partial charge is 0.340 e. The van der Waals surface area contributed by atoms with E-state index < -0.39 is 5.41 Å². The van der Waals surface area contributed by atoms with Crippen LogP contribution in [-0.4, -0.2) is 33.0 Å². The van der Waals surface area contributed by atoms with Gasteiger partial charge in [0.1, 0.15) is 0 Å². The van der Waals surface area contributed by atoms with Gasteiger partial charge in [-0.15, -0.1) is 0 Å². The van der Waals surface area contributed by atoms with Crippen molar-refractivity contribution < 1.29 is 4.79 Å². The van der Waals surface area contributed by atoms with E-state index in [2.05, 4.69) is 15.2 Å². The fourth-order valence-electron chi connectivity index (χ4n) is 1.25. The van der Waals surface area contributed by atoms with E-state index >= 15 is 0 Å². The Balaban J connectivity index is 2.68. The van der Waals surface area contributed by atoms with Gasteiger partial charge in [-0.1, -0.05) is 20.8 Å². The molecule has 15 heavy (non-hydrogen) atoms. The molecule has 2 N–H and O–H groups in total. The summed E-state index contributed by atoms with van der Waals surface area (Å²) in [6.07, 6.45) is 0. The van der Waals surface area contributed by atoms with Gasteiger partial charge in [-0.2, -0.15) is 5.10 Å². The first kappa shape index (κ1) is 11.5. The second-order valence-electron chi connectivity index (χ2n) is 4.54. The van der Waals surface area contributed by atoms with Gasteiger partial charge in [-0.05, 0) is 0 Å². The number of carbonyl (C=O) groups is 1. The van der Waals surface area contributed by atoms with E-state index in [0.717, 1.165) is 0 Å². The molecule has 0 aliphatic heterocycles. The minimum atomic E-state index is -0.425. The van der Waals surface area contributed by atoms with Gasteiger partial charge in [0.05, 0.1) is 6.54 Å². The molecule has 1 heterocycles. The Morgan fingerprint density at radius 2 is 2.07 bits per heavy atom. The molecule has 6 nitrogen and oxygen atoms in total. The Labute approximate surface area is 87.7 Å². The Kier molecular flexibility index (Phi) is 2.97. The number of carbonyl (C=O) groups excluding carboxylic acids is 1. The van der Waals surface area contributed by atoms with Crippen molar-refractivity contribution in [1.29, 1.82) is 0 Å². The topological polar surface area (TPSA) is 81.8 Å². The summed E-state index contributed by atoms with van der Waals surface area (Å²) in [6.45, 7) is 5.84. The van der Waals surface area contributed by atoms with Crippen molar-refractivity contribution in [3.05, 3.63) is 16.3 Å². The van der Waals surface area contributed by atoms with Crippen LogP contribution in [0.2, 0.25) is 0 Å². The predicted octanol–water partition coefficient (Wildman–Crippen LogP) is 0.102. The maximum atomic E-state index is 11.8. The SMILES string of the molecule is CN(Cc1n[nH]c(=O)[nH]1)C(=O)C(C)(C)C. The van der Waals surface area contributed by atoms with Crippen molar-refractivity contribution in [2.75, 3.05) is 7.05 Å². The van der Waals surface area contributed by atoms with E-state index in [0.29, 0.717) is 12.4 Å². The van der Waals surface area contributed by atoms with Gasteiger partial charge in [0, 0.05) is 12.5 Å². The lowest BCUT2D eigenvalue weighted by atomic mass is 9.95. The lowest BCUT2D eigenvalue weighted by Gasteiger charge is -2.24. The van der Waals surface area contributed by atoms with Gasteiger partial charge < -0.3 is 4.90 Å². The molecule has 1 aromatic rings. The van der Waals surface area contributed by atoms with E-state index in [1.165, 1.54) is 4.90 Å². The van der Waals surface area contributed by atoms with Crippen LogP contribution in [-0.2, 0) is 11.3 Å². The molecule has 0 aromatic carbocycles. The van der Waals surface area contributed by atoms with Crippen molar-refractivity contribution in [2.24, 2.45) is 5.41 Å². The van der Waals surface area contributed by atoms with Crippen LogP contribution in [0, 0.1) is 5.41 Å². The van der Waals surface area contributed by atoms with E-state index in [1.807, 2.05) is 20.8 Å². The highest BCUT2D eigenvalue weighted by atomic mass is 16.2. The Hall–Kier alpha value is -1.59. The van der Waals surface area contributed by atoms with Crippen molar-refractivity contribution in [1.82, 2.24) is 20.1 Å². The smallest absolute Gasteiger partial charge is 0.338 e. The maximum Gasteiger partial charge on any atom is 0.340 e. The van der Waals surface area contributed by atoms with Gasteiger partial charge >= 0.3 is 5.69 Å². The normalized spacial score (nSPS) is 11.5. The summed E-state index contributed by atoms with van der Waals surface area (Å²) in [6, 6.07) is 0. The highest BCUT2D eigenvalue weighted by Gasteiger charge is 2.25. The first-order chi connectivity index (χ1) is 6.80. The van der Waals surface area contributed by atoms with Crippen molar-refractivity contribution in [2.45, 2.75) is 27.3 Å². The van der Waals surface area contributed by atoms with Crippen LogP contribution in [0.15, 0.2) is 4.79 Å². The highest BCUT2D eigenvalue weighted by Crippen LogP contribution is 2.16. The van der Waals surface area contributed by atoms with Crippen molar-refractivity contribution in [3.63, 3.8) is 0 Å². The monoisotopic (exact) mass is 212 g/mol. The Bertz CT molecular complexity index is 399. The van der Waals surface area contributed by atoms with Gasteiger partial charge in [0.25, 0.3) is 0 Å². The first-order valence-electron chi connectivity index (χ1n) is 4.70. The summed E-state index contributed by atoms with van der Waals surface area (Å²) in [7, 11) is 1.68. The molecule has 0 aliphatic carbocycles. The zero-order chi connectivity index (χ0) is 11.6. The fourth-order valence-corrected chi connectivity index (χ4v) is 1.25. The molecular weight excluding hydrogens is 196 g/mol. The summed E-state index contributed by atoms with van der Waals surface area (Å²) in [4.78, 5) is 26.6. The minimum absolute atomic E-state index is 0.00588. The average Bonchev–Trinajstić information content (AvgIpc) is 2.48. The van der Waals surface area contributed by atoms with Crippen LogP contribution in [0.25, 0.3) is 0 Å². The molecule has 0 atom stereocenters. The Morgan fingerprint density at radius 3 is 2.47 bits per heavy atom. The van der Waals surface area contributed by atoms with Crippen LogP contribution in [0.1, 0.15) is 26.6 Å². The third-order valence-electron chi connectivity index (χ3n) is 1.93.